The summed E-state index contributed by atoms with van der Waals surface area (Å²) in [5.41, 5.74) is 8.77. The van der Waals surface area contributed by atoms with Crippen LogP contribution in [0.3, 0.4) is 0 Å². The van der Waals surface area contributed by atoms with E-state index in [0.717, 1.165) is 34.0 Å². The zero-order valence-electron chi connectivity index (χ0n) is 26.4. The molecule has 0 aliphatic carbocycles. The number of hydrogen-bond donors (Lipinski definition) is 0. The highest BCUT2D eigenvalue weighted by atomic mass is 16.3. The molecule has 0 saturated carbocycles. The molecule has 0 saturated heterocycles. The second-order valence-corrected chi connectivity index (χ2v) is 13.0. The minimum absolute atomic E-state index is 0.105. The number of rotatable bonds is 5. The van der Waals surface area contributed by atoms with E-state index in [9.17, 15) is 0 Å². The number of fused-ring (bicyclic) bond motifs is 4. The van der Waals surface area contributed by atoms with Gasteiger partial charge in [-0.2, -0.15) is 0 Å². The van der Waals surface area contributed by atoms with E-state index < -0.39 is 0 Å². The molecular weight excluding hydrogens is 558 g/mol. The zero-order chi connectivity index (χ0) is 31.3. The van der Waals surface area contributed by atoms with Crippen molar-refractivity contribution in [3.8, 4) is 22.5 Å². The molecule has 1 aromatic heterocycles. The normalized spacial score (nSPS) is 11.8. The van der Waals surface area contributed by atoms with E-state index in [1.54, 1.807) is 0 Å². The Kier molecular flexibility index (Phi) is 6.73. The first kappa shape index (κ1) is 27.9. The highest BCUT2D eigenvalue weighted by molar-refractivity contribution is 6.15. The average molecular weight is 594 g/mol. The van der Waals surface area contributed by atoms with E-state index in [0.29, 0.717) is 0 Å². The van der Waals surface area contributed by atoms with Crippen molar-refractivity contribution in [3.63, 3.8) is 0 Å². The Morgan fingerprint density at radius 2 is 1.11 bits per heavy atom. The minimum Gasteiger partial charge on any atom is -0.456 e. The summed E-state index contributed by atoms with van der Waals surface area (Å²) < 4.78 is 6.66. The molecule has 0 aliphatic rings. The van der Waals surface area contributed by atoms with Crippen molar-refractivity contribution in [1.29, 1.82) is 0 Å². The minimum atomic E-state index is -0.105. The fourth-order valence-electron chi connectivity index (χ4n) is 6.94. The van der Waals surface area contributed by atoms with E-state index in [4.69, 9.17) is 4.42 Å². The van der Waals surface area contributed by atoms with Crippen molar-refractivity contribution < 1.29 is 4.42 Å². The first-order valence-electron chi connectivity index (χ1n) is 15.9. The van der Waals surface area contributed by atoms with Crippen LogP contribution >= 0.6 is 0 Å². The van der Waals surface area contributed by atoms with Crippen LogP contribution in [0.4, 0.5) is 17.1 Å². The summed E-state index contributed by atoms with van der Waals surface area (Å²) in [6.45, 7) is 6.80. The van der Waals surface area contributed by atoms with Gasteiger partial charge in [0.25, 0.3) is 0 Å². The molecule has 46 heavy (non-hydrogen) atoms. The van der Waals surface area contributed by atoms with Crippen molar-refractivity contribution in [2.24, 2.45) is 0 Å². The standard InChI is InChI=1S/C44H35NO/c1-44(2,3)42-38-25-12-14-27-41(38)46-43(42)32-19-15-20-33(28-32)45(39-26-13-11-22-35(39)30-16-5-4-6-17-30)40-29-31-18-7-8-21-34(31)36-23-9-10-24-37(36)40/h4-29H,1-3H3. The maximum atomic E-state index is 6.66. The summed E-state index contributed by atoms with van der Waals surface area (Å²) >= 11 is 0. The van der Waals surface area contributed by atoms with Crippen molar-refractivity contribution >= 4 is 49.6 Å². The fraction of sp³-hybridized carbons (Fsp3) is 0.0909. The van der Waals surface area contributed by atoms with Crippen LogP contribution in [0.15, 0.2) is 162 Å². The van der Waals surface area contributed by atoms with Gasteiger partial charge in [0.1, 0.15) is 11.3 Å². The second-order valence-electron chi connectivity index (χ2n) is 13.0. The van der Waals surface area contributed by atoms with E-state index >= 15 is 0 Å². The third-order valence-electron chi connectivity index (χ3n) is 8.93. The first-order chi connectivity index (χ1) is 22.5. The molecule has 0 amide bonds. The predicted octanol–water partition coefficient (Wildman–Crippen LogP) is 12.8. The second kappa shape index (κ2) is 11.1. The molecule has 0 atom stereocenters. The lowest BCUT2D eigenvalue weighted by atomic mass is 9.83. The van der Waals surface area contributed by atoms with E-state index in [1.807, 2.05) is 6.07 Å². The van der Waals surface area contributed by atoms with Gasteiger partial charge in [-0.1, -0.05) is 148 Å². The third kappa shape index (κ3) is 4.74. The van der Waals surface area contributed by atoms with Crippen molar-refractivity contribution in [3.05, 3.63) is 163 Å². The molecule has 7 aromatic carbocycles. The molecule has 222 valence electrons. The van der Waals surface area contributed by atoms with Gasteiger partial charge in [-0.25, -0.2) is 0 Å². The third-order valence-corrected chi connectivity index (χ3v) is 8.93. The maximum Gasteiger partial charge on any atom is 0.139 e. The van der Waals surface area contributed by atoms with Gasteiger partial charge in [0.05, 0.1) is 11.4 Å². The Hall–Kier alpha value is -5.60. The van der Waals surface area contributed by atoms with Gasteiger partial charge in [-0.3, -0.25) is 0 Å². The molecule has 8 rings (SSSR count). The molecule has 8 aromatic rings. The molecular formula is C44H35NO. The van der Waals surface area contributed by atoms with Crippen LogP contribution in [0.5, 0.6) is 0 Å². The number of para-hydroxylation sites is 2. The van der Waals surface area contributed by atoms with Crippen LogP contribution < -0.4 is 4.90 Å². The molecule has 2 nitrogen and oxygen atoms in total. The lowest BCUT2D eigenvalue weighted by Crippen LogP contribution is -2.13. The predicted molar refractivity (Wildman–Crippen MR) is 195 cm³/mol. The summed E-state index contributed by atoms with van der Waals surface area (Å²) in [4.78, 5) is 2.43. The Morgan fingerprint density at radius 3 is 1.91 bits per heavy atom. The Morgan fingerprint density at radius 1 is 0.478 bits per heavy atom. The summed E-state index contributed by atoms with van der Waals surface area (Å²) in [7, 11) is 0. The number of benzene rings is 7. The monoisotopic (exact) mass is 593 g/mol. The SMILES string of the molecule is CC(C)(C)c1c(-c2cccc(N(c3ccccc3-c3ccccc3)c3cc4ccccc4c4ccccc34)c2)oc2ccccc12. The molecule has 0 bridgehead atoms. The summed E-state index contributed by atoms with van der Waals surface area (Å²) in [6, 6.07) is 56.4. The summed E-state index contributed by atoms with van der Waals surface area (Å²) in [5.74, 6) is 0.926. The topological polar surface area (TPSA) is 16.4 Å². The zero-order valence-corrected chi connectivity index (χ0v) is 26.4. The van der Waals surface area contributed by atoms with Crippen LogP contribution in [0.1, 0.15) is 26.3 Å². The number of furan rings is 1. The summed E-state index contributed by atoms with van der Waals surface area (Å²) in [5, 5.41) is 6.07. The lowest BCUT2D eigenvalue weighted by Gasteiger charge is -2.30. The van der Waals surface area contributed by atoms with Crippen LogP contribution in [0.2, 0.25) is 0 Å². The molecule has 2 heteroatoms. The van der Waals surface area contributed by atoms with Crippen LogP contribution in [-0.4, -0.2) is 0 Å². The Balaban J connectivity index is 1.43. The first-order valence-corrected chi connectivity index (χ1v) is 15.9. The molecule has 0 unspecified atom stereocenters. The summed E-state index contributed by atoms with van der Waals surface area (Å²) in [6.07, 6.45) is 0. The van der Waals surface area contributed by atoms with E-state index in [2.05, 4.69) is 177 Å². The van der Waals surface area contributed by atoms with Gasteiger partial charge < -0.3 is 9.32 Å². The quantitative estimate of drug-likeness (QED) is 0.185. The number of anilines is 3. The van der Waals surface area contributed by atoms with E-state index in [-0.39, 0.29) is 5.41 Å². The van der Waals surface area contributed by atoms with Gasteiger partial charge >= 0.3 is 0 Å². The van der Waals surface area contributed by atoms with E-state index in [1.165, 1.54) is 43.6 Å². The number of hydrogen-bond acceptors (Lipinski definition) is 2. The van der Waals surface area contributed by atoms with Gasteiger partial charge in [0.15, 0.2) is 0 Å². The molecule has 0 aliphatic heterocycles. The maximum absolute atomic E-state index is 6.66. The lowest BCUT2D eigenvalue weighted by molar-refractivity contribution is 0.568. The van der Waals surface area contributed by atoms with Crippen molar-refractivity contribution in [2.45, 2.75) is 26.2 Å². The van der Waals surface area contributed by atoms with Gasteiger partial charge in [0, 0.05) is 33.2 Å². The Labute approximate surface area is 270 Å². The average Bonchev–Trinajstić information content (AvgIpc) is 3.50. The largest absolute Gasteiger partial charge is 0.456 e. The Bertz CT molecular complexity index is 2360. The van der Waals surface area contributed by atoms with Gasteiger partial charge in [-0.15, -0.1) is 0 Å². The molecule has 1 heterocycles. The molecule has 0 fully saturated rings. The smallest absolute Gasteiger partial charge is 0.139 e. The highest BCUT2D eigenvalue weighted by Gasteiger charge is 2.27. The molecule has 0 N–H and O–H groups in total. The fourth-order valence-corrected chi connectivity index (χ4v) is 6.94. The van der Waals surface area contributed by atoms with Gasteiger partial charge in [-0.05, 0) is 57.5 Å². The van der Waals surface area contributed by atoms with Crippen LogP contribution in [0, 0.1) is 0 Å². The molecule has 0 radical (unpaired) electrons. The van der Waals surface area contributed by atoms with Crippen molar-refractivity contribution in [1.82, 2.24) is 0 Å². The van der Waals surface area contributed by atoms with Crippen LogP contribution in [-0.2, 0) is 5.41 Å². The van der Waals surface area contributed by atoms with Crippen molar-refractivity contribution in [2.75, 3.05) is 4.90 Å². The van der Waals surface area contributed by atoms with Gasteiger partial charge in [0.2, 0.25) is 0 Å². The highest BCUT2D eigenvalue weighted by Crippen LogP contribution is 2.47. The molecule has 0 spiro atoms. The number of nitrogens with zero attached hydrogens (tertiary/aromatic N) is 1. The van der Waals surface area contributed by atoms with Crippen LogP contribution in [0.25, 0.3) is 55.0 Å².